The summed E-state index contributed by atoms with van der Waals surface area (Å²) in [6.07, 6.45) is 1.04. The van der Waals surface area contributed by atoms with E-state index in [9.17, 15) is 18.0 Å². The van der Waals surface area contributed by atoms with E-state index < -0.39 is 26.2 Å². The molecule has 24 heavy (non-hydrogen) atoms. The highest BCUT2D eigenvalue weighted by molar-refractivity contribution is 7.99. The minimum absolute atomic E-state index is 0.173. The van der Waals surface area contributed by atoms with Crippen LogP contribution in [0.1, 0.15) is 5.56 Å². The fourth-order valence-corrected chi connectivity index (χ4v) is 4.10. The molecule has 0 bridgehead atoms. The standard InChI is InChI=1S/C15H19N3O4S2/c1-11-4-6-12(7-5-11)23-9-8-16-24(21,22)13-10-17(2)15(20)18(3)14(13)19/h4-7,10,16H,8-9H2,1-3H3. The van der Waals surface area contributed by atoms with Crippen LogP contribution >= 0.6 is 11.8 Å². The Kier molecular flexibility index (Phi) is 5.68. The summed E-state index contributed by atoms with van der Waals surface area (Å²) in [5.41, 5.74) is -0.253. The van der Waals surface area contributed by atoms with E-state index in [1.54, 1.807) is 0 Å². The van der Waals surface area contributed by atoms with Gasteiger partial charge in [0.05, 0.1) is 0 Å². The number of nitrogens with zero attached hydrogens (tertiary/aromatic N) is 2. The molecule has 0 atom stereocenters. The Bertz CT molecular complexity index is 944. The molecule has 2 rings (SSSR count). The zero-order valence-corrected chi connectivity index (χ0v) is 15.3. The van der Waals surface area contributed by atoms with Crippen molar-refractivity contribution in [2.75, 3.05) is 12.3 Å². The van der Waals surface area contributed by atoms with E-state index in [1.165, 1.54) is 25.9 Å². The van der Waals surface area contributed by atoms with Gasteiger partial charge < -0.3 is 4.57 Å². The lowest BCUT2D eigenvalue weighted by atomic mass is 10.2. The third-order valence-corrected chi connectivity index (χ3v) is 5.85. The van der Waals surface area contributed by atoms with Crippen molar-refractivity contribution in [1.82, 2.24) is 13.9 Å². The molecule has 1 N–H and O–H groups in total. The third-order valence-electron chi connectivity index (χ3n) is 3.39. The van der Waals surface area contributed by atoms with Gasteiger partial charge in [-0.05, 0) is 19.1 Å². The first-order chi connectivity index (χ1) is 11.2. The SMILES string of the molecule is Cc1ccc(SCCNS(=O)(=O)c2cn(C)c(=O)n(C)c2=O)cc1. The predicted molar refractivity (Wildman–Crippen MR) is 94.0 cm³/mol. The summed E-state index contributed by atoms with van der Waals surface area (Å²) in [4.78, 5) is 24.2. The molecule has 130 valence electrons. The van der Waals surface area contributed by atoms with Crippen molar-refractivity contribution in [2.24, 2.45) is 14.1 Å². The van der Waals surface area contributed by atoms with Crippen LogP contribution in [0.4, 0.5) is 0 Å². The Labute approximate surface area is 144 Å². The second-order valence-corrected chi connectivity index (χ2v) is 8.21. The average molecular weight is 369 g/mol. The highest BCUT2D eigenvalue weighted by Crippen LogP contribution is 2.17. The first kappa shape index (κ1) is 18.5. The van der Waals surface area contributed by atoms with Gasteiger partial charge >= 0.3 is 5.69 Å². The molecule has 0 saturated carbocycles. The topological polar surface area (TPSA) is 90.2 Å². The number of nitrogens with one attached hydrogen (secondary N) is 1. The number of rotatable bonds is 6. The molecule has 0 radical (unpaired) electrons. The van der Waals surface area contributed by atoms with Crippen molar-refractivity contribution in [3.8, 4) is 0 Å². The van der Waals surface area contributed by atoms with Crippen LogP contribution in [0.25, 0.3) is 0 Å². The fraction of sp³-hybridized carbons (Fsp3) is 0.333. The maximum atomic E-state index is 12.3. The van der Waals surface area contributed by atoms with Gasteiger partial charge in [0.2, 0.25) is 10.0 Å². The maximum Gasteiger partial charge on any atom is 0.330 e. The van der Waals surface area contributed by atoms with Crippen LogP contribution in [-0.2, 0) is 24.1 Å². The number of aryl methyl sites for hydroxylation is 2. The van der Waals surface area contributed by atoms with E-state index in [-0.39, 0.29) is 6.54 Å². The Morgan fingerprint density at radius 3 is 2.38 bits per heavy atom. The van der Waals surface area contributed by atoms with Crippen LogP contribution in [0.3, 0.4) is 0 Å². The van der Waals surface area contributed by atoms with E-state index in [1.807, 2.05) is 31.2 Å². The van der Waals surface area contributed by atoms with Crippen LogP contribution in [0.2, 0.25) is 0 Å². The fourth-order valence-electron chi connectivity index (χ4n) is 2.02. The summed E-state index contributed by atoms with van der Waals surface area (Å²) >= 11 is 1.51. The highest BCUT2D eigenvalue weighted by atomic mass is 32.2. The first-order valence-electron chi connectivity index (χ1n) is 7.18. The van der Waals surface area contributed by atoms with E-state index >= 15 is 0 Å². The molecular formula is C15H19N3O4S2. The molecule has 1 heterocycles. The molecule has 0 aliphatic rings. The normalized spacial score (nSPS) is 11.6. The Hall–Kier alpha value is -1.84. The van der Waals surface area contributed by atoms with E-state index in [0.29, 0.717) is 5.75 Å². The minimum Gasteiger partial charge on any atom is -0.302 e. The molecule has 1 aromatic heterocycles. The zero-order chi connectivity index (χ0) is 17.9. The first-order valence-corrected chi connectivity index (χ1v) is 9.65. The van der Waals surface area contributed by atoms with Gasteiger partial charge in [-0.3, -0.25) is 9.36 Å². The monoisotopic (exact) mass is 369 g/mol. The molecule has 9 heteroatoms. The van der Waals surface area contributed by atoms with Gasteiger partial charge in [0, 0.05) is 37.5 Å². The summed E-state index contributed by atoms with van der Waals surface area (Å²) < 4.78 is 28.8. The van der Waals surface area contributed by atoms with Crippen molar-refractivity contribution in [1.29, 1.82) is 0 Å². The number of aromatic nitrogens is 2. The van der Waals surface area contributed by atoms with Crippen LogP contribution in [0.5, 0.6) is 0 Å². The number of hydrogen-bond acceptors (Lipinski definition) is 5. The lowest BCUT2D eigenvalue weighted by Gasteiger charge is -2.09. The molecule has 2 aromatic rings. The Morgan fingerprint density at radius 1 is 1.12 bits per heavy atom. The molecule has 0 saturated heterocycles. The summed E-state index contributed by atoms with van der Waals surface area (Å²) in [6.45, 7) is 2.17. The maximum absolute atomic E-state index is 12.3. The predicted octanol–water partition coefficient (Wildman–Crippen LogP) is 0.463. The second kappa shape index (κ2) is 7.37. The van der Waals surface area contributed by atoms with Gasteiger partial charge in [-0.15, -0.1) is 11.8 Å². The van der Waals surface area contributed by atoms with Crippen LogP contribution in [0.15, 0.2) is 49.8 Å². The quantitative estimate of drug-likeness (QED) is 0.590. The van der Waals surface area contributed by atoms with Crippen molar-refractivity contribution in [3.63, 3.8) is 0 Å². The number of thioether (sulfide) groups is 1. The highest BCUT2D eigenvalue weighted by Gasteiger charge is 2.20. The van der Waals surface area contributed by atoms with Crippen molar-refractivity contribution < 1.29 is 8.42 Å². The molecular weight excluding hydrogens is 350 g/mol. The van der Waals surface area contributed by atoms with Crippen molar-refractivity contribution >= 4 is 21.8 Å². The van der Waals surface area contributed by atoms with E-state index in [2.05, 4.69) is 4.72 Å². The molecule has 7 nitrogen and oxygen atoms in total. The summed E-state index contributed by atoms with van der Waals surface area (Å²) in [6, 6.07) is 7.91. The smallest absolute Gasteiger partial charge is 0.302 e. The average Bonchev–Trinajstić information content (AvgIpc) is 2.54. The van der Waals surface area contributed by atoms with E-state index in [4.69, 9.17) is 0 Å². The van der Waals surface area contributed by atoms with Crippen LogP contribution in [0, 0.1) is 6.92 Å². The minimum atomic E-state index is -3.97. The lowest BCUT2D eigenvalue weighted by Crippen LogP contribution is -2.41. The van der Waals surface area contributed by atoms with Crippen molar-refractivity contribution in [2.45, 2.75) is 16.7 Å². The molecule has 0 fully saturated rings. The molecule has 0 spiro atoms. The molecule has 0 unspecified atom stereocenters. The zero-order valence-electron chi connectivity index (χ0n) is 13.6. The van der Waals surface area contributed by atoms with Gasteiger partial charge in [-0.25, -0.2) is 17.9 Å². The van der Waals surface area contributed by atoms with Crippen molar-refractivity contribution in [3.05, 3.63) is 56.9 Å². The van der Waals surface area contributed by atoms with Crippen LogP contribution < -0.4 is 16.0 Å². The summed E-state index contributed by atoms with van der Waals surface area (Å²) in [7, 11) is -1.33. The summed E-state index contributed by atoms with van der Waals surface area (Å²) in [5, 5.41) is 0. The van der Waals surface area contributed by atoms with Gasteiger partial charge in [-0.1, -0.05) is 17.7 Å². The number of sulfonamides is 1. The summed E-state index contributed by atoms with van der Waals surface area (Å²) in [5.74, 6) is 0.522. The van der Waals surface area contributed by atoms with Gasteiger partial charge in [0.15, 0.2) is 4.90 Å². The third kappa shape index (κ3) is 4.16. The Balaban J connectivity index is 2.06. The van der Waals surface area contributed by atoms with Gasteiger partial charge in [-0.2, -0.15) is 0 Å². The Morgan fingerprint density at radius 2 is 1.75 bits per heavy atom. The van der Waals surface area contributed by atoms with Gasteiger partial charge in [0.25, 0.3) is 5.56 Å². The second-order valence-electron chi connectivity index (χ2n) is 5.31. The van der Waals surface area contributed by atoms with E-state index in [0.717, 1.165) is 25.8 Å². The largest absolute Gasteiger partial charge is 0.330 e. The molecule has 0 amide bonds. The van der Waals surface area contributed by atoms with Crippen LogP contribution in [-0.4, -0.2) is 29.8 Å². The number of benzene rings is 1. The molecule has 0 aliphatic heterocycles. The number of hydrogen-bond donors (Lipinski definition) is 1. The molecule has 1 aromatic carbocycles. The lowest BCUT2D eigenvalue weighted by molar-refractivity contribution is 0.573. The molecule has 0 aliphatic carbocycles. The van der Waals surface area contributed by atoms with Gasteiger partial charge in [0.1, 0.15) is 0 Å².